The molecular formula is C26H28ClN7O3. The van der Waals surface area contributed by atoms with E-state index in [4.69, 9.17) is 22.1 Å². The number of carbonyl (C=O) groups is 2. The fourth-order valence-corrected chi connectivity index (χ4v) is 5.19. The van der Waals surface area contributed by atoms with E-state index >= 15 is 0 Å². The number of pyridine rings is 1. The molecule has 0 radical (unpaired) electrons. The molecule has 1 aliphatic carbocycles. The highest BCUT2D eigenvalue weighted by Gasteiger charge is 2.38. The first-order valence-corrected chi connectivity index (χ1v) is 12.4. The Kier molecular flexibility index (Phi) is 6.67. The van der Waals surface area contributed by atoms with E-state index in [1.165, 1.54) is 6.08 Å². The van der Waals surface area contributed by atoms with E-state index < -0.39 is 5.91 Å². The lowest BCUT2D eigenvalue weighted by atomic mass is 10.1. The highest BCUT2D eigenvalue weighted by Crippen LogP contribution is 2.40. The van der Waals surface area contributed by atoms with Gasteiger partial charge in [-0.1, -0.05) is 24.1 Å². The monoisotopic (exact) mass is 521 g/mol. The first-order chi connectivity index (χ1) is 17.9. The quantitative estimate of drug-likeness (QED) is 0.364. The Hall–Kier alpha value is -3.81. The first-order valence-electron chi connectivity index (χ1n) is 12.1. The summed E-state index contributed by atoms with van der Waals surface area (Å²) in [5.74, 6) is 6.16. The number of anilines is 1. The standard InChI is InChI=1S/C26H28ClN7O3/c1-4-23(35)32-12-17(10-18(32)14-37-3)34-26(29-2)24(25(28)36)20(31-34)8-7-16-9-22-30-11-21(15-5-6-15)33(22)13-19(16)27/h4,9,11,13,15,17-18,29H,1,5-6,10,12,14H2,2-3H3,(H2,28,36)/t17-,18+/m0/s1. The van der Waals surface area contributed by atoms with Crippen LogP contribution in [0.3, 0.4) is 0 Å². The van der Waals surface area contributed by atoms with Crippen molar-refractivity contribution in [2.45, 2.75) is 37.3 Å². The van der Waals surface area contributed by atoms with Gasteiger partial charge in [0.1, 0.15) is 17.0 Å². The molecule has 0 aromatic carbocycles. The van der Waals surface area contributed by atoms with Gasteiger partial charge in [-0.05, 0) is 37.3 Å². The number of amides is 2. The molecule has 37 heavy (non-hydrogen) atoms. The predicted molar refractivity (Wildman–Crippen MR) is 140 cm³/mol. The van der Waals surface area contributed by atoms with Gasteiger partial charge in [-0.2, -0.15) is 5.10 Å². The van der Waals surface area contributed by atoms with E-state index in [1.807, 2.05) is 22.9 Å². The van der Waals surface area contributed by atoms with E-state index in [0.717, 1.165) is 24.2 Å². The minimum Gasteiger partial charge on any atom is -0.383 e. The zero-order chi connectivity index (χ0) is 26.3. The largest absolute Gasteiger partial charge is 0.383 e. The van der Waals surface area contributed by atoms with Crippen LogP contribution in [0, 0.1) is 11.8 Å². The van der Waals surface area contributed by atoms with Crippen LogP contribution in [0.2, 0.25) is 5.02 Å². The lowest BCUT2D eigenvalue weighted by Crippen LogP contribution is -2.37. The van der Waals surface area contributed by atoms with Gasteiger partial charge in [-0.25, -0.2) is 9.67 Å². The SMILES string of the molecule is C=CC(=O)N1C[C@@H](n2nc(C#Cc3cc4ncc(C5CC5)n4cc3Cl)c(C(N)=O)c2NC)C[C@@H]1COC. The van der Waals surface area contributed by atoms with Crippen LogP contribution in [-0.2, 0) is 9.53 Å². The van der Waals surface area contributed by atoms with E-state index in [-0.39, 0.29) is 29.2 Å². The summed E-state index contributed by atoms with van der Waals surface area (Å²) in [6.45, 7) is 4.36. The molecule has 1 saturated carbocycles. The van der Waals surface area contributed by atoms with Gasteiger partial charge in [0.05, 0.1) is 23.7 Å². The number of nitrogens with zero attached hydrogens (tertiary/aromatic N) is 5. The molecule has 1 aliphatic heterocycles. The number of fused-ring (bicyclic) bond motifs is 1. The van der Waals surface area contributed by atoms with Crippen molar-refractivity contribution in [3.05, 3.63) is 58.7 Å². The number of halogens is 1. The molecule has 11 heteroatoms. The van der Waals surface area contributed by atoms with E-state index in [1.54, 1.807) is 23.7 Å². The molecule has 3 N–H and O–H groups in total. The number of imidazole rings is 1. The molecule has 10 nitrogen and oxygen atoms in total. The van der Waals surface area contributed by atoms with Crippen molar-refractivity contribution in [1.29, 1.82) is 0 Å². The third kappa shape index (κ3) is 4.56. The normalized spacial score (nSPS) is 19.1. The van der Waals surface area contributed by atoms with Crippen LogP contribution in [0.5, 0.6) is 0 Å². The average Bonchev–Trinajstić information content (AvgIpc) is 3.33. The second-order valence-corrected chi connectivity index (χ2v) is 9.70. The second-order valence-electron chi connectivity index (χ2n) is 9.30. The van der Waals surface area contributed by atoms with Gasteiger partial charge >= 0.3 is 0 Å². The highest BCUT2D eigenvalue weighted by molar-refractivity contribution is 6.31. The van der Waals surface area contributed by atoms with Crippen molar-refractivity contribution >= 4 is 34.9 Å². The third-order valence-electron chi connectivity index (χ3n) is 6.89. The maximum Gasteiger partial charge on any atom is 0.255 e. The predicted octanol–water partition coefficient (Wildman–Crippen LogP) is 2.58. The molecule has 5 rings (SSSR count). The fraction of sp³-hybridized carbons (Fsp3) is 0.385. The molecule has 192 valence electrons. The Bertz CT molecular complexity index is 1460. The van der Waals surface area contributed by atoms with E-state index in [0.29, 0.717) is 41.9 Å². The number of nitrogens with two attached hydrogens (primary N) is 1. The number of rotatable bonds is 7. The van der Waals surface area contributed by atoms with Crippen molar-refractivity contribution in [2.24, 2.45) is 5.73 Å². The van der Waals surface area contributed by atoms with Crippen molar-refractivity contribution in [1.82, 2.24) is 24.1 Å². The second kappa shape index (κ2) is 9.92. The van der Waals surface area contributed by atoms with Crippen molar-refractivity contribution in [3.8, 4) is 11.8 Å². The van der Waals surface area contributed by atoms with Gasteiger partial charge in [0.15, 0.2) is 5.69 Å². The van der Waals surface area contributed by atoms with E-state index in [2.05, 4.69) is 33.8 Å². The Morgan fingerprint density at radius 2 is 2.16 bits per heavy atom. The summed E-state index contributed by atoms with van der Waals surface area (Å²) in [5.41, 5.74) is 8.64. The molecule has 0 unspecified atom stereocenters. The summed E-state index contributed by atoms with van der Waals surface area (Å²) in [4.78, 5) is 31.1. The van der Waals surface area contributed by atoms with Crippen LogP contribution >= 0.6 is 11.6 Å². The summed E-state index contributed by atoms with van der Waals surface area (Å²) in [7, 11) is 3.28. The van der Waals surface area contributed by atoms with Gasteiger partial charge in [-0.15, -0.1) is 0 Å². The number of ether oxygens (including phenoxy) is 1. The Labute approximate surface area is 219 Å². The number of hydrogen-bond acceptors (Lipinski definition) is 6. The lowest BCUT2D eigenvalue weighted by molar-refractivity contribution is -0.127. The Morgan fingerprint density at radius 3 is 2.81 bits per heavy atom. The van der Waals surface area contributed by atoms with Crippen molar-refractivity contribution in [3.63, 3.8) is 0 Å². The number of primary amides is 1. The maximum absolute atomic E-state index is 12.5. The van der Waals surface area contributed by atoms with E-state index in [9.17, 15) is 9.59 Å². The summed E-state index contributed by atoms with van der Waals surface area (Å²) in [6, 6.07) is 1.46. The third-order valence-corrected chi connectivity index (χ3v) is 7.19. The molecule has 2 atom stereocenters. The first kappa shape index (κ1) is 24.9. The zero-order valence-electron chi connectivity index (χ0n) is 20.7. The molecule has 3 aromatic heterocycles. The van der Waals surface area contributed by atoms with Crippen molar-refractivity contribution in [2.75, 3.05) is 32.6 Å². The number of likely N-dealkylation sites (tertiary alicyclic amines) is 1. The summed E-state index contributed by atoms with van der Waals surface area (Å²) in [5, 5.41) is 8.17. The van der Waals surface area contributed by atoms with Crippen LogP contribution < -0.4 is 11.1 Å². The topological polar surface area (TPSA) is 120 Å². The molecule has 4 heterocycles. The van der Waals surface area contributed by atoms with Crippen LogP contribution in [0.4, 0.5) is 5.82 Å². The molecule has 0 bridgehead atoms. The highest BCUT2D eigenvalue weighted by atomic mass is 35.5. The average molecular weight is 522 g/mol. The molecular weight excluding hydrogens is 494 g/mol. The molecule has 1 saturated heterocycles. The Balaban J connectivity index is 1.52. The number of aromatic nitrogens is 4. The Morgan fingerprint density at radius 1 is 1.38 bits per heavy atom. The molecule has 3 aromatic rings. The van der Waals surface area contributed by atoms with Gasteiger partial charge in [0, 0.05) is 50.3 Å². The number of nitrogens with one attached hydrogen (secondary N) is 1. The minimum absolute atomic E-state index is 0.151. The maximum atomic E-state index is 12.5. The van der Waals surface area contributed by atoms with Gasteiger partial charge in [-0.3, -0.25) is 9.59 Å². The fourth-order valence-electron chi connectivity index (χ4n) is 4.99. The van der Waals surface area contributed by atoms with Crippen molar-refractivity contribution < 1.29 is 14.3 Å². The lowest BCUT2D eigenvalue weighted by Gasteiger charge is -2.22. The molecule has 2 amide bonds. The molecule has 2 aliphatic rings. The molecule has 0 spiro atoms. The number of methoxy groups -OCH3 is 1. The zero-order valence-corrected chi connectivity index (χ0v) is 21.5. The number of carbonyl (C=O) groups excluding carboxylic acids is 2. The van der Waals surface area contributed by atoms with Gasteiger partial charge in [0.2, 0.25) is 5.91 Å². The molecule has 2 fully saturated rings. The summed E-state index contributed by atoms with van der Waals surface area (Å²) >= 11 is 6.56. The smallest absolute Gasteiger partial charge is 0.255 e. The van der Waals surface area contributed by atoms with Crippen LogP contribution in [0.1, 0.15) is 58.5 Å². The minimum atomic E-state index is -0.658. The van der Waals surface area contributed by atoms with Crippen LogP contribution in [0.25, 0.3) is 5.65 Å². The van der Waals surface area contributed by atoms with Crippen LogP contribution in [-0.4, -0.2) is 69.2 Å². The number of hydrogen-bond donors (Lipinski definition) is 2. The van der Waals surface area contributed by atoms with Gasteiger partial charge in [0.25, 0.3) is 5.91 Å². The van der Waals surface area contributed by atoms with Crippen LogP contribution in [0.15, 0.2) is 31.1 Å². The summed E-state index contributed by atoms with van der Waals surface area (Å²) in [6.07, 6.45) is 7.89. The summed E-state index contributed by atoms with van der Waals surface area (Å²) < 4.78 is 9.00. The van der Waals surface area contributed by atoms with Gasteiger partial charge < -0.3 is 25.1 Å².